The zero-order valence-electron chi connectivity index (χ0n) is 13.1. The van der Waals surface area contributed by atoms with Crippen molar-refractivity contribution in [3.63, 3.8) is 0 Å². The zero-order chi connectivity index (χ0) is 14.3. The van der Waals surface area contributed by atoms with Gasteiger partial charge in [0.1, 0.15) is 0 Å². The molecule has 3 heteroatoms. The Bertz CT molecular complexity index is 170. The van der Waals surface area contributed by atoms with Crippen LogP contribution in [0.1, 0.15) is 65.2 Å². The Hall–Kier alpha value is -0.120. The lowest BCUT2D eigenvalue weighted by Crippen LogP contribution is -2.34. The van der Waals surface area contributed by atoms with Crippen LogP contribution < -0.4 is 0 Å². The molecule has 0 aromatic heterocycles. The molecule has 0 heterocycles. The lowest BCUT2D eigenvalue weighted by molar-refractivity contribution is 0.140. The third kappa shape index (κ3) is 11.4. The summed E-state index contributed by atoms with van der Waals surface area (Å²) in [5.41, 5.74) is 0. The SMILES string of the molecule is CCCCCCCCC(CC)CN(CCO)CCO. The van der Waals surface area contributed by atoms with Gasteiger partial charge >= 0.3 is 0 Å². The summed E-state index contributed by atoms with van der Waals surface area (Å²) >= 11 is 0. The predicted molar refractivity (Wildman–Crippen MR) is 82.4 cm³/mol. The highest BCUT2D eigenvalue weighted by Crippen LogP contribution is 2.16. The van der Waals surface area contributed by atoms with E-state index in [1.807, 2.05) is 0 Å². The molecule has 0 spiro atoms. The van der Waals surface area contributed by atoms with Crippen LogP contribution in [0.25, 0.3) is 0 Å². The first-order chi connectivity index (χ1) is 9.28. The van der Waals surface area contributed by atoms with Crippen molar-refractivity contribution in [2.45, 2.75) is 65.2 Å². The summed E-state index contributed by atoms with van der Waals surface area (Å²) in [6.45, 7) is 7.27. The fraction of sp³-hybridized carbons (Fsp3) is 1.00. The predicted octanol–water partition coefficient (Wildman–Crippen LogP) is 3.05. The van der Waals surface area contributed by atoms with E-state index in [9.17, 15) is 0 Å². The van der Waals surface area contributed by atoms with Crippen LogP contribution in [0, 0.1) is 5.92 Å². The van der Waals surface area contributed by atoms with Gasteiger partial charge in [-0.3, -0.25) is 4.90 Å². The van der Waals surface area contributed by atoms with Crippen LogP contribution in [-0.2, 0) is 0 Å². The van der Waals surface area contributed by atoms with E-state index in [4.69, 9.17) is 10.2 Å². The second-order valence-corrected chi connectivity index (χ2v) is 5.58. The van der Waals surface area contributed by atoms with Crippen LogP contribution in [0.4, 0.5) is 0 Å². The number of nitrogens with zero attached hydrogens (tertiary/aromatic N) is 1. The van der Waals surface area contributed by atoms with Crippen molar-refractivity contribution < 1.29 is 10.2 Å². The molecular formula is C16H35NO2. The van der Waals surface area contributed by atoms with E-state index < -0.39 is 0 Å². The van der Waals surface area contributed by atoms with Gasteiger partial charge in [-0.1, -0.05) is 58.8 Å². The van der Waals surface area contributed by atoms with Gasteiger partial charge < -0.3 is 10.2 Å². The van der Waals surface area contributed by atoms with Crippen LogP contribution in [0.2, 0.25) is 0 Å². The summed E-state index contributed by atoms with van der Waals surface area (Å²) in [5.74, 6) is 0.712. The minimum Gasteiger partial charge on any atom is -0.395 e. The number of aliphatic hydroxyl groups is 2. The Morgan fingerprint density at radius 1 is 0.842 bits per heavy atom. The van der Waals surface area contributed by atoms with Crippen molar-refractivity contribution in [3.05, 3.63) is 0 Å². The maximum atomic E-state index is 9.02. The highest BCUT2D eigenvalue weighted by atomic mass is 16.3. The van der Waals surface area contributed by atoms with Gasteiger partial charge in [-0.25, -0.2) is 0 Å². The second kappa shape index (κ2) is 14.3. The molecule has 0 bridgehead atoms. The van der Waals surface area contributed by atoms with Crippen molar-refractivity contribution in [2.24, 2.45) is 5.92 Å². The van der Waals surface area contributed by atoms with E-state index in [0.29, 0.717) is 19.0 Å². The van der Waals surface area contributed by atoms with E-state index in [-0.39, 0.29) is 13.2 Å². The van der Waals surface area contributed by atoms with Crippen molar-refractivity contribution in [3.8, 4) is 0 Å². The minimum atomic E-state index is 0.188. The molecule has 0 aliphatic rings. The molecule has 2 N–H and O–H groups in total. The van der Waals surface area contributed by atoms with E-state index in [0.717, 1.165) is 6.54 Å². The monoisotopic (exact) mass is 273 g/mol. The lowest BCUT2D eigenvalue weighted by atomic mass is 9.97. The zero-order valence-corrected chi connectivity index (χ0v) is 13.1. The summed E-state index contributed by atoms with van der Waals surface area (Å²) in [6.07, 6.45) is 10.6. The average Bonchev–Trinajstić information content (AvgIpc) is 2.41. The Labute approximate surface area is 120 Å². The smallest absolute Gasteiger partial charge is 0.0558 e. The van der Waals surface area contributed by atoms with Gasteiger partial charge in [-0.2, -0.15) is 0 Å². The molecule has 0 rings (SSSR count). The molecule has 0 aromatic carbocycles. The lowest BCUT2D eigenvalue weighted by Gasteiger charge is -2.25. The molecular weight excluding hydrogens is 238 g/mol. The molecule has 1 unspecified atom stereocenters. The van der Waals surface area contributed by atoms with Crippen molar-refractivity contribution in [1.29, 1.82) is 0 Å². The first-order valence-corrected chi connectivity index (χ1v) is 8.22. The third-order valence-corrected chi connectivity index (χ3v) is 3.89. The molecule has 0 radical (unpaired) electrons. The van der Waals surface area contributed by atoms with Crippen molar-refractivity contribution >= 4 is 0 Å². The van der Waals surface area contributed by atoms with Crippen molar-refractivity contribution in [1.82, 2.24) is 4.90 Å². The van der Waals surface area contributed by atoms with E-state index in [1.54, 1.807) is 0 Å². The summed E-state index contributed by atoms with van der Waals surface area (Å²) < 4.78 is 0. The Balaban J connectivity index is 3.72. The molecule has 0 aliphatic heterocycles. The molecule has 116 valence electrons. The van der Waals surface area contributed by atoms with Gasteiger partial charge in [0.25, 0.3) is 0 Å². The van der Waals surface area contributed by atoms with E-state index >= 15 is 0 Å². The summed E-state index contributed by atoms with van der Waals surface area (Å²) in [5, 5.41) is 18.0. The molecule has 0 aromatic rings. The van der Waals surface area contributed by atoms with Crippen LogP contribution in [0.5, 0.6) is 0 Å². The Morgan fingerprint density at radius 3 is 1.95 bits per heavy atom. The summed E-state index contributed by atoms with van der Waals surface area (Å²) in [7, 11) is 0. The van der Waals surface area contributed by atoms with Crippen LogP contribution >= 0.6 is 0 Å². The van der Waals surface area contributed by atoms with E-state index in [1.165, 1.54) is 51.4 Å². The average molecular weight is 273 g/mol. The second-order valence-electron chi connectivity index (χ2n) is 5.58. The summed E-state index contributed by atoms with van der Waals surface area (Å²) in [4.78, 5) is 2.19. The van der Waals surface area contributed by atoms with Gasteiger partial charge in [0.05, 0.1) is 13.2 Å². The quantitative estimate of drug-likeness (QED) is 0.478. The fourth-order valence-electron chi connectivity index (χ4n) is 2.58. The number of aliphatic hydroxyl groups excluding tert-OH is 2. The first kappa shape index (κ1) is 18.9. The highest BCUT2D eigenvalue weighted by Gasteiger charge is 2.11. The molecule has 1 atom stereocenters. The maximum absolute atomic E-state index is 9.02. The normalized spacial score (nSPS) is 13.1. The third-order valence-electron chi connectivity index (χ3n) is 3.89. The molecule has 3 nitrogen and oxygen atoms in total. The van der Waals surface area contributed by atoms with Gasteiger partial charge in [0.2, 0.25) is 0 Å². The number of rotatable bonds is 14. The van der Waals surface area contributed by atoms with Gasteiger partial charge in [0, 0.05) is 19.6 Å². The van der Waals surface area contributed by atoms with Crippen LogP contribution in [0.15, 0.2) is 0 Å². The standard InChI is InChI=1S/C16H35NO2/c1-3-5-6-7-8-9-10-16(4-2)15-17(11-13-18)12-14-19/h16,18-19H,3-15H2,1-2H3. The molecule has 0 saturated carbocycles. The Kier molecular flexibility index (Phi) is 14.2. The molecule has 19 heavy (non-hydrogen) atoms. The van der Waals surface area contributed by atoms with Crippen molar-refractivity contribution in [2.75, 3.05) is 32.8 Å². The van der Waals surface area contributed by atoms with E-state index in [2.05, 4.69) is 18.7 Å². The van der Waals surface area contributed by atoms with Crippen LogP contribution in [0.3, 0.4) is 0 Å². The fourth-order valence-corrected chi connectivity index (χ4v) is 2.58. The van der Waals surface area contributed by atoms with Gasteiger partial charge in [0.15, 0.2) is 0 Å². The number of unbranched alkanes of at least 4 members (excludes halogenated alkanes) is 5. The number of hydrogen-bond donors (Lipinski definition) is 2. The first-order valence-electron chi connectivity index (χ1n) is 8.22. The summed E-state index contributed by atoms with van der Waals surface area (Å²) in [6, 6.07) is 0. The molecule has 0 saturated heterocycles. The Morgan fingerprint density at radius 2 is 1.42 bits per heavy atom. The topological polar surface area (TPSA) is 43.7 Å². The highest BCUT2D eigenvalue weighted by molar-refractivity contribution is 4.65. The van der Waals surface area contributed by atoms with Gasteiger partial charge in [-0.05, 0) is 12.3 Å². The maximum Gasteiger partial charge on any atom is 0.0558 e. The largest absolute Gasteiger partial charge is 0.395 e. The number of hydrogen-bond acceptors (Lipinski definition) is 3. The van der Waals surface area contributed by atoms with Crippen LogP contribution in [-0.4, -0.2) is 48.0 Å². The van der Waals surface area contributed by atoms with Gasteiger partial charge in [-0.15, -0.1) is 0 Å². The molecule has 0 aliphatic carbocycles. The minimum absolute atomic E-state index is 0.188. The molecule has 0 amide bonds. The molecule has 0 fully saturated rings.